The van der Waals surface area contributed by atoms with E-state index in [1.54, 1.807) is 0 Å². The maximum atomic E-state index is 13.5. The van der Waals surface area contributed by atoms with E-state index in [0.717, 1.165) is 16.3 Å². The maximum Gasteiger partial charge on any atom is 0.326 e. The van der Waals surface area contributed by atoms with Crippen LogP contribution < -0.4 is 26.6 Å². The number of hydrogen-bond donors (Lipinski definition) is 8. The highest BCUT2D eigenvalue weighted by Crippen LogP contribution is 2.29. The summed E-state index contributed by atoms with van der Waals surface area (Å²) in [5.74, 6) is -5.26. The van der Waals surface area contributed by atoms with Gasteiger partial charge < -0.3 is 41.9 Å². The molecule has 0 saturated heterocycles. The number of nitrogens with zero attached hydrogens (tertiary/aromatic N) is 3. The first-order valence-corrected chi connectivity index (χ1v) is 17.4. The molecule has 8 N–H and O–H groups in total. The summed E-state index contributed by atoms with van der Waals surface area (Å²) in [4.78, 5) is 87.4. The van der Waals surface area contributed by atoms with Crippen LogP contribution >= 0.6 is 0 Å². The molecule has 0 aliphatic heterocycles. The third-order valence-corrected chi connectivity index (χ3v) is 9.04. The Bertz CT molecular complexity index is 1670. The zero-order valence-corrected chi connectivity index (χ0v) is 29.2. The summed E-state index contributed by atoms with van der Waals surface area (Å²) in [5.41, 5.74) is 9.21. The molecule has 286 valence electrons. The van der Waals surface area contributed by atoms with Crippen LogP contribution in [0.15, 0.2) is 47.6 Å². The Labute approximate surface area is 305 Å². The lowest BCUT2D eigenvalue weighted by Crippen LogP contribution is -2.51. The normalized spacial score (nSPS) is 16.8. The van der Waals surface area contributed by atoms with Gasteiger partial charge in [-0.05, 0) is 79.2 Å². The van der Waals surface area contributed by atoms with Crippen molar-refractivity contribution >= 4 is 52.4 Å². The van der Waals surface area contributed by atoms with Crippen LogP contribution in [0.2, 0.25) is 0 Å². The van der Waals surface area contributed by atoms with Gasteiger partial charge in [0.1, 0.15) is 24.7 Å². The van der Waals surface area contributed by atoms with Gasteiger partial charge >= 0.3 is 23.9 Å². The lowest BCUT2D eigenvalue weighted by atomic mass is 9.81. The summed E-state index contributed by atoms with van der Waals surface area (Å²) in [6.45, 7) is 0.286. The molecule has 2 aromatic rings. The Morgan fingerprint density at radius 3 is 2.09 bits per heavy atom. The van der Waals surface area contributed by atoms with E-state index in [2.05, 4.69) is 36.6 Å². The number of carbonyl (C=O) groups is 7. The third kappa shape index (κ3) is 14.7. The Balaban J connectivity index is 1.54. The van der Waals surface area contributed by atoms with Crippen LogP contribution in [0.3, 0.4) is 0 Å². The van der Waals surface area contributed by atoms with Crippen molar-refractivity contribution in [3.63, 3.8) is 0 Å². The molecule has 0 bridgehead atoms. The van der Waals surface area contributed by atoms with Crippen LogP contribution in [0.25, 0.3) is 21.2 Å². The Hall–Kier alpha value is -5.90. The minimum absolute atomic E-state index is 0.0388. The first kappa shape index (κ1) is 41.5. The minimum atomic E-state index is -1.52. The molecule has 0 aromatic heterocycles. The second kappa shape index (κ2) is 21.5. The van der Waals surface area contributed by atoms with Gasteiger partial charge in [-0.1, -0.05) is 47.6 Å². The molecule has 0 unspecified atom stereocenters. The monoisotopic (exact) mass is 738 g/mol. The number of azide groups is 1. The number of aliphatic carboxylic acids is 3. The number of urea groups is 1. The smallest absolute Gasteiger partial charge is 0.326 e. The molecule has 3 atom stereocenters. The number of fused-ring (bicyclic) bond motifs is 1. The fourth-order valence-corrected chi connectivity index (χ4v) is 6.09. The van der Waals surface area contributed by atoms with E-state index in [4.69, 9.17) is 10.6 Å². The molecule has 1 fully saturated rings. The molecular weight excluding hydrogens is 692 g/mol. The zero-order valence-electron chi connectivity index (χ0n) is 29.2. The molecule has 53 heavy (non-hydrogen) atoms. The number of benzene rings is 2. The molecule has 1 aliphatic rings. The van der Waals surface area contributed by atoms with Gasteiger partial charge in [0.25, 0.3) is 0 Å². The van der Waals surface area contributed by atoms with Gasteiger partial charge in [0.2, 0.25) is 17.7 Å². The van der Waals surface area contributed by atoms with Crippen molar-refractivity contribution in [2.45, 2.75) is 82.3 Å². The summed E-state index contributed by atoms with van der Waals surface area (Å²) in [5, 5.41) is 45.6. The van der Waals surface area contributed by atoms with Crippen molar-refractivity contribution < 1.29 is 48.9 Å². The van der Waals surface area contributed by atoms with E-state index in [1.165, 1.54) is 0 Å². The molecule has 2 aromatic carbocycles. The lowest BCUT2D eigenvalue weighted by Gasteiger charge is -2.29. The van der Waals surface area contributed by atoms with Gasteiger partial charge in [0, 0.05) is 36.8 Å². The molecule has 0 heterocycles. The van der Waals surface area contributed by atoms with Crippen molar-refractivity contribution in [3.05, 3.63) is 58.5 Å². The van der Waals surface area contributed by atoms with Crippen molar-refractivity contribution in [2.24, 2.45) is 17.0 Å². The van der Waals surface area contributed by atoms with Crippen molar-refractivity contribution in [3.8, 4) is 0 Å². The first-order chi connectivity index (χ1) is 25.4. The van der Waals surface area contributed by atoms with E-state index < -0.39 is 54.4 Å². The summed E-state index contributed by atoms with van der Waals surface area (Å²) in [6, 6.07) is 8.70. The highest BCUT2D eigenvalue weighted by molar-refractivity contribution is 5.89. The lowest BCUT2D eigenvalue weighted by molar-refractivity contribution is -0.141. The van der Waals surface area contributed by atoms with E-state index in [0.29, 0.717) is 38.6 Å². The predicted molar refractivity (Wildman–Crippen MR) is 190 cm³/mol. The second-order valence-corrected chi connectivity index (χ2v) is 13.0. The van der Waals surface area contributed by atoms with Crippen LogP contribution in [0.4, 0.5) is 4.79 Å². The van der Waals surface area contributed by atoms with Crippen LogP contribution in [0.1, 0.15) is 63.4 Å². The van der Waals surface area contributed by atoms with Crippen molar-refractivity contribution in [2.75, 3.05) is 19.6 Å². The van der Waals surface area contributed by atoms with E-state index in [-0.39, 0.29) is 62.4 Å². The summed E-state index contributed by atoms with van der Waals surface area (Å²) >= 11 is 0. The summed E-state index contributed by atoms with van der Waals surface area (Å²) in [6.07, 6.45) is 2.41. The molecule has 0 radical (unpaired) electrons. The number of carbonyl (C=O) groups excluding carboxylic acids is 4. The number of rotatable bonds is 21. The van der Waals surface area contributed by atoms with Gasteiger partial charge in [-0.2, -0.15) is 0 Å². The maximum absolute atomic E-state index is 13.5. The van der Waals surface area contributed by atoms with Gasteiger partial charge in [0.15, 0.2) is 0 Å². The third-order valence-electron chi connectivity index (χ3n) is 9.04. The molecule has 1 aliphatic carbocycles. The molecule has 0 spiro atoms. The number of amides is 5. The first-order valence-electron chi connectivity index (χ1n) is 17.4. The van der Waals surface area contributed by atoms with Crippen LogP contribution in [0.5, 0.6) is 0 Å². The molecular formula is C35H46N8O10. The predicted octanol–water partition coefficient (Wildman–Crippen LogP) is 2.46. The van der Waals surface area contributed by atoms with E-state index >= 15 is 0 Å². The van der Waals surface area contributed by atoms with Crippen LogP contribution in [-0.2, 0) is 35.2 Å². The van der Waals surface area contributed by atoms with Crippen molar-refractivity contribution in [1.29, 1.82) is 0 Å². The Morgan fingerprint density at radius 2 is 1.45 bits per heavy atom. The van der Waals surface area contributed by atoms with E-state index in [9.17, 15) is 43.8 Å². The fraction of sp³-hybridized carbons (Fsp3) is 0.514. The summed E-state index contributed by atoms with van der Waals surface area (Å²) < 4.78 is 0. The Kier molecular flexibility index (Phi) is 16.8. The quantitative estimate of drug-likeness (QED) is 0.0401. The molecule has 5 amide bonds. The number of hydrogen-bond acceptors (Lipinski definition) is 8. The second-order valence-electron chi connectivity index (χ2n) is 13.0. The SMILES string of the molecule is [N-]=[N+]=NCC(=O)NCC1CCC(C(=O)N[C@@H](Cc2ccc3ccccc3c2)C(=O)NCCCC[C@H](NC(=O)N[C@@H](CCC(=O)O)C(=O)O)C(=O)O)CC1. The average molecular weight is 739 g/mol. The molecule has 18 heteroatoms. The van der Waals surface area contributed by atoms with E-state index in [1.807, 2.05) is 42.5 Å². The number of carboxylic acid groups (broad SMARTS) is 3. The average Bonchev–Trinajstić information content (AvgIpc) is 3.13. The highest BCUT2D eigenvalue weighted by Gasteiger charge is 2.30. The molecule has 3 rings (SSSR count). The van der Waals surface area contributed by atoms with Gasteiger partial charge in [-0.15, -0.1) is 0 Å². The van der Waals surface area contributed by atoms with Crippen LogP contribution in [-0.4, -0.2) is 94.7 Å². The fourth-order valence-electron chi connectivity index (χ4n) is 6.09. The minimum Gasteiger partial charge on any atom is -0.481 e. The Morgan fingerprint density at radius 1 is 0.792 bits per heavy atom. The van der Waals surface area contributed by atoms with Crippen molar-refractivity contribution in [1.82, 2.24) is 26.6 Å². The van der Waals surface area contributed by atoms with Crippen LogP contribution in [0, 0.1) is 11.8 Å². The molecule has 18 nitrogen and oxygen atoms in total. The molecule has 1 saturated carbocycles. The highest BCUT2D eigenvalue weighted by atomic mass is 16.4. The number of nitrogens with one attached hydrogen (secondary N) is 5. The standard InChI is InChI=1S/C35H46N8O10/c36-43-39-20-29(44)38-19-21-8-12-24(13-9-21)31(47)40-28(18-22-10-11-23-5-1-2-6-25(23)17-22)32(48)37-16-4-3-7-26(33(49)50)41-35(53)42-27(34(51)52)14-15-30(45)46/h1-2,5-6,10-11,17,21,24,26-28H,3-4,7-9,12-16,18-20H2,(H,37,48)(H,38,44)(H,40,47)(H,45,46)(H,49,50)(H,51,52)(H2,41,42,53)/t21?,24?,26-,27-,28-/m0/s1. The van der Waals surface area contributed by atoms with Gasteiger partial charge in [-0.3, -0.25) is 19.2 Å². The topological polar surface area (TPSA) is 289 Å². The van der Waals surface area contributed by atoms with Gasteiger partial charge in [0.05, 0.1) is 0 Å². The van der Waals surface area contributed by atoms with Gasteiger partial charge in [-0.25, -0.2) is 14.4 Å². The largest absolute Gasteiger partial charge is 0.481 e. The number of unbranched alkanes of at least 4 members (excludes halogenated alkanes) is 1. The zero-order chi connectivity index (χ0) is 38.8. The number of carboxylic acids is 3. The summed E-state index contributed by atoms with van der Waals surface area (Å²) in [7, 11) is 0.